The molecule has 0 atom stereocenters. The van der Waals surface area contributed by atoms with Crippen LogP contribution in [0.2, 0.25) is 0 Å². The highest BCUT2D eigenvalue weighted by Gasteiger charge is 2.27. The van der Waals surface area contributed by atoms with Gasteiger partial charge in [0.05, 0.1) is 5.66 Å². The van der Waals surface area contributed by atoms with Crippen LogP contribution >= 0.6 is 0 Å². The number of aliphatic hydroxyl groups is 3. The van der Waals surface area contributed by atoms with E-state index in [1.165, 1.54) is 44.9 Å². The molecular weight excluding hydrogens is 328 g/mol. The Bertz CT molecular complexity index is 295. The van der Waals surface area contributed by atoms with Gasteiger partial charge in [-0.2, -0.15) is 0 Å². The number of hydrogen-bond donors (Lipinski definition) is 5. The van der Waals surface area contributed by atoms with Crippen LogP contribution in [0.1, 0.15) is 103 Å². The number of hydrogen-bond acceptors (Lipinski definition) is 5. The van der Waals surface area contributed by atoms with Crippen LogP contribution in [0.25, 0.3) is 0 Å². The topological polar surface area (TPSA) is 113 Å². The van der Waals surface area contributed by atoms with Crippen LogP contribution in [0.15, 0.2) is 0 Å². The van der Waals surface area contributed by atoms with E-state index >= 15 is 0 Å². The maximum absolute atomic E-state index is 9.30. The van der Waals surface area contributed by atoms with E-state index in [9.17, 15) is 15.3 Å². The van der Waals surface area contributed by atoms with Crippen molar-refractivity contribution >= 4 is 0 Å². The van der Waals surface area contributed by atoms with Crippen molar-refractivity contribution < 1.29 is 15.3 Å². The Morgan fingerprint density at radius 2 is 0.885 bits per heavy atom. The van der Waals surface area contributed by atoms with Crippen LogP contribution in [0.4, 0.5) is 0 Å². The summed E-state index contributed by atoms with van der Waals surface area (Å²) in [6.45, 7) is 2.44. The lowest BCUT2D eigenvalue weighted by atomic mass is 9.74. The van der Waals surface area contributed by atoms with E-state index in [4.69, 9.17) is 11.5 Å². The van der Waals surface area contributed by atoms with Crippen LogP contribution in [0.3, 0.4) is 0 Å². The molecule has 0 spiro atoms. The van der Waals surface area contributed by atoms with Crippen molar-refractivity contribution in [3.8, 4) is 0 Å². The molecule has 26 heavy (non-hydrogen) atoms. The van der Waals surface area contributed by atoms with Crippen molar-refractivity contribution in [1.82, 2.24) is 0 Å². The SMILES string of the molecule is CCC(N)(N)CCCCCCCCCCCC(CCO)(CCO)CCO. The van der Waals surface area contributed by atoms with E-state index < -0.39 is 5.66 Å². The largest absolute Gasteiger partial charge is 0.396 e. The Morgan fingerprint density at radius 3 is 1.23 bits per heavy atom. The second-order valence-electron chi connectivity index (χ2n) is 8.19. The average Bonchev–Trinajstić information content (AvgIpc) is 2.60. The van der Waals surface area contributed by atoms with Gasteiger partial charge in [-0.3, -0.25) is 0 Å². The van der Waals surface area contributed by atoms with Crippen LogP contribution < -0.4 is 11.5 Å². The fraction of sp³-hybridized carbons (Fsp3) is 1.00. The lowest BCUT2D eigenvalue weighted by molar-refractivity contribution is 0.0885. The monoisotopic (exact) mass is 374 g/mol. The maximum atomic E-state index is 9.30. The molecule has 7 N–H and O–H groups in total. The van der Waals surface area contributed by atoms with Crippen LogP contribution in [0, 0.1) is 5.41 Å². The van der Waals surface area contributed by atoms with E-state index in [0.29, 0.717) is 19.3 Å². The van der Waals surface area contributed by atoms with Gasteiger partial charge >= 0.3 is 0 Å². The summed E-state index contributed by atoms with van der Waals surface area (Å²) in [6, 6.07) is 0. The molecule has 5 heteroatoms. The zero-order valence-electron chi connectivity index (χ0n) is 17.2. The molecule has 0 saturated heterocycles. The van der Waals surface area contributed by atoms with Gasteiger partial charge in [0.2, 0.25) is 0 Å². The zero-order valence-corrected chi connectivity index (χ0v) is 17.2. The smallest absolute Gasteiger partial charge is 0.0633 e. The van der Waals surface area contributed by atoms with Gasteiger partial charge in [-0.05, 0) is 43.9 Å². The van der Waals surface area contributed by atoms with Crippen LogP contribution in [-0.4, -0.2) is 40.8 Å². The second-order valence-corrected chi connectivity index (χ2v) is 8.19. The van der Waals surface area contributed by atoms with Gasteiger partial charge in [-0.15, -0.1) is 0 Å². The van der Waals surface area contributed by atoms with Crippen LogP contribution in [0.5, 0.6) is 0 Å². The molecule has 0 aliphatic carbocycles. The summed E-state index contributed by atoms with van der Waals surface area (Å²) < 4.78 is 0. The Kier molecular flexibility index (Phi) is 15.7. The Hall–Kier alpha value is -0.200. The van der Waals surface area contributed by atoms with Gasteiger partial charge < -0.3 is 26.8 Å². The average molecular weight is 375 g/mol. The summed E-state index contributed by atoms with van der Waals surface area (Å²) in [4.78, 5) is 0. The number of nitrogens with two attached hydrogens (primary N) is 2. The lowest BCUT2D eigenvalue weighted by Gasteiger charge is -2.32. The minimum Gasteiger partial charge on any atom is -0.396 e. The second kappa shape index (κ2) is 15.8. The molecule has 0 aromatic carbocycles. The van der Waals surface area contributed by atoms with Crippen molar-refractivity contribution in [2.24, 2.45) is 16.9 Å². The van der Waals surface area contributed by atoms with Gasteiger partial charge in [-0.1, -0.05) is 64.7 Å². The molecule has 0 radical (unpaired) electrons. The molecule has 0 aliphatic rings. The molecule has 0 amide bonds. The molecule has 5 nitrogen and oxygen atoms in total. The minimum absolute atomic E-state index is 0.0854. The van der Waals surface area contributed by atoms with E-state index in [2.05, 4.69) is 0 Å². The summed E-state index contributed by atoms with van der Waals surface area (Å²) in [5.74, 6) is 0. The summed E-state index contributed by atoms with van der Waals surface area (Å²) >= 11 is 0. The van der Waals surface area contributed by atoms with E-state index in [0.717, 1.165) is 32.1 Å². The first kappa shape index (κ1) is 25.8. The zero-order chi connectivity index (χ0) is 19.7. The molecular formula is C21H46N2O3. The molecule has 0 fully saturated rings. The summed E-state index contributed by atoms with van der Waals surface area (Å²) in [5, 5.41) is 27.9. The number of rotatable bonds is 19. The van der Waals surface area contributed by atoms with Gasteiger partial charge in [0.15, 0.2) is 0 Å². The fourth-order valence-electron chi connectivity index (χ4n) is 3.83. The lowest BCUT2D eigenvalue weighted by Crippen LogP contribution is -2.48. The highest BCUT2D eigenvalue weighted by molar-refractivity contribution is 4.79. The van der Waals surface area contributed by atoms with E-state index in [1.807, 2.05) is 6.92 Å². The van der Waals surface area contributed by atoms with E-state index in [1.54, 1.807) is 0 Å². The first-order valence-electron chi connectivity index (χ1n) is 10.9. The summed E-state index contributed by atoms with van der Waals surface area (Å²) in [6.07, 6.45) is 15.8. The number of aliphatic hydroxyl groups excluding tert-OH is 3. The molecule has 0 heterocycles. The normalized spacial score (nSPS) is 12.7. The predicted octanol–water partition coefficient (Wildman–Crippen LogP) is 3.43. The van der Waals surface area contributed by atoms with Gasteiger partial charge in [0.1, 0.15) is 0 Å². The summed E-state index contributed by atoms with van der Waals surface area (Å²) in [7, 11) is 0. The Morgan fingerprint density at radius 1 is 0.538 bits per heavy atom. The molecule has 0 bridgehead atoms. The highest BCUT2D eigenvalue weighted by Crippen LogP contribution is 2.36. The Labute approximate surface area is 161 Å². The predicted molar refractivity (Wildman–Crippen MR) is 110 cm³/mol. The first-order chi connectivity index (χ1) is 12.4. The Balaban J connectivity index is 3.67. The highest BCUT2D eigenvalue weighted by atomic mass is 16.3. The van der Waals surface area contributed by atoms with Crippen molar-refractivity contribution in [3.05, 3.63) is 0 Å². The fourth-order valence-corrected chi connectivity index (χ4v) is 3.83. The molecule has 0 aliphatic heterocycles. The molecule has 0 aromatic heterocycles. The van der Waals surface area contributed by atoms with Crippen molar-refractivity contribution in [1.29, 1.82) is 0 Å². The number of unbranched alkanes of at least 4 members (excludes halogenated alkanes) is 8. The van der Waals surface area contributed by atoms with Crippen LogP contribution in [-0.2, 0) is 0 Å². The van der Waals surface area contributed by atoms with Crippen molar-refractivity contribution in [2.45, 2.75) is 109 Å². The van der Waals surface area contributed by atoms with Crippen molar-refractivity contribution in [3.63, 3.8) is 0 Å². The molecule has 0 unspecified atom stereocenters. The first-order valence-corrected chi connectivity index (χ1v) is 10.9. The maximum Gasteiger partial charge on any atom is 0.0633 e. The third-order valence-corrected chi connectivity index (χ3v) is 5.93. The molecule has 0 aromatic rings. The molecule has 0 rings (SSSR count). The van der Waals surface area contributed by atoms with E-state index in [-0.39, 0.29) is 25.2 Å². The van der Waals surface area contributed by atoms with Gasteiger partial charge in [0.25, 0.3) is 0 Å². The molecule has 158 valence electrons. The summed E-state index contributed by atoms with van der Waals surface area (Å²) in [5.41, 5.74) is 11.3. The van der Waals surface area contributed by atoms with Gasteiger partial charge in [0, 0.05) is 19.8 Å². The molecule has 0 saturated carbocycles. The quantitative estimate of drug-likeness (QED) is 0.176. The third-order valence-electron chi connectivity index (χ3n) is 5.93. The third kappa shape index (κ3) is 13.0. The van der Waals surface area contributed by atoms with Gasteiger partial charge in [-0.25, -0.2) is 0 Å². The standard InChI is InChI=1S/C21H46N2O3/c1-2-21(22,23)13-11-9-7-5-3-4-6-8-10-12-20(14-17-24,15-18-25)16-19-26/h24-26H,2-19,22-23H2,1H3. The minimum atomic E-state index is -0.475. The van der Waals surface area contributed by atoms with Crippen molar-refractivity contribution in [2.75, 3.05) is 19.8 Å².